The molecule has 2 aliphatic heterocycles. The molecule has 180 valence electrons. The van der Waals surface area contributed by atoms with Crippen molar-refractivity contribution in [1.82, 2.24) is 24.8 Å². The minimum atomic E-state index is -0.711. The van der Waals surface area contributed by atoms with Crippen LogP contribution in [0.1, 0.15) is 12.8 Å². The summed E-state index contributed by atoms with van der Waals surface area (Å²) < 4.78 is 5.83. The summed E-state index contributed by atoms with van der Waals surface area (Å²) in [5.74, 6) is 2.91. The Bertz CT molecular complexity index is 1270. The fraction of sp³-hybridized carbons (Fsp3) is 0.348. The van der Waals surface area contributed by atoms with Crippen molar-refractivity contribution in [3.63, 3.8) is 0 Å². The summed E-state index contributed by atoms with van der Waals surface area (Å²) in [6.45, 7) is 3.96. The first kappa shape index (κ1) is 21.8. The Labute approximate surface area is 206 Å². The summed E-state index contributed by atoms with van der Waals surface area (Å²) in [7, 11) is 2.13. The second-order valence-electron chi connectivity index (χ2n) is 8.93. The van der Waals surface area contributed by atoms with E-state index in [9.17, 15) is 4.79 Å². The molecule has 1 amide bonds. The van der Waals surface area contributed by atoms with Crippen molar-refractivity contribution in [1.29, 1.82) is 0 Å². The highest BCUT2D eigenvalue weighted by atomic mass is 35.5. The fourth-order valence-electron chi connectivity index (χ4n) is 4.06. The number of aromatic nitrogens is 4. The third kappa shape index (κ3) is 4.40. The van der Waals surface area contributed by atoms with E-state index in [2.05, 4.69) is 52.7 Å². The van der Waals surface area contributed by atoms with Crippen molar-refractivity contribution >= 4 is 52.4 Å². The molecule has 3 aromatic rings. The van der Waals surface area contributed by atoms with Crippen molar-refractivity contribution in [3.05, 3.63) is 41.7 Å². The molecule has 0 unspecified atom stereocenters. The Morgan fingerprint density at radius 3 is 2.60 bits per heavy atom. The molecule has 0 aromatic carbocycles. The van der Waals surface area contributed by atoms with Gasteiger partial charge in [0.25, 0.3) is 5.91 Å². The van der Waals surface area contributed by atoms with Gasteiger partial charge in [-0.1, -0.05) is 11.6 Å². The molecule has 6 rings (SSSR count). The van der Waals surface area contributed by atoms with Crippen LogP contribution in [0.25, 0.3) is 0 Å². The van der Waals surface area contributed by atoms with Crippen molar-refractivity contribution in [2.75, 3.05) is 54.1 Å². The van der Waals surface area contributed by atoms with E-state index < -0.39 is 5.60 Å². The topological polar surface area (TPSA) is 120 Å². The second kappa shape index (κ2) is 8.51. The van der Waals surface area contributed by atoms with E-state index in [1.807, 2.05) is 12.1 Å². The van der Waals surface area contributed by atoms with E-state index in [1.165, 1.54) is 6.20 Å². The van der Waals surface area contributed by atoms with E-state index >= 15 is 0 Å². The number of ether oxygens (including phenoxy) is 1. The van der Waals surface area contributed by atoms with Crippen LogP contribution in [0, 0.1) is 0 Å². The molecule has 2 fully saturated rings. The Kier molecular flexibility index (Phi) is 5.30. The van der Waals surface area contributed by atoms with Crippen LogP contribution in [0.2, 0.25) is 5.02 Å². The molecule has 1 saturated heterocycles. The van der Waals surface area contributed by atoms with Crippen LogP contribution in [-0.2, 0) is 4.79 Å². The summed E-state index contributed by atoms with van der Waals surface area (Å²) >= 11 is 6.32. The van der Waals surface area contributed by atoms with Gasteiger partial charge in [0.05, 0.1) is 18.1 Å². The summed E-state index contributed by atoms with van der Waals surface area (Å²) in [5.41, 5.74) is 0.0504. The van der Waals surface area contributed by atoms with Crippen LogP contribution < -0.4 is 25.6 Å². The van der Waals surface area contributed by atoms with Crippen LogP contribution in [-0.4, -0.2) is 69.6 Å². The first-order chi connectivity index (χ1) is 17.0. The Morgan fingerprint density at radius 1 is 1.03 bits per heavy atom. The first-order valence-corrected chi connectivity index (χ1v) is 11.8. The molecule has 0 radical (unpaired) electrons. The van der Waals surface area contributed by atoms with E-state index in [-0.39, 0.29) is 5.91 Å². The predicted molar refractivity (Wildman–Crippen MR) is 133 cm³/mol. The average Bonchev–Trinajstić information content (AvgIpc) is 3.64. The molecule has 1 saturated carbocycles. The Balaban J connectivity index is 1.15. The van der Waals surface area contributed by atoms with E-state index in [0.717, 1.165) is 50.5 Å². The van der Waals surface area contributed by atoms with Gasteiger partial charge in [0.2, 0.25) is 5.95 Å². The molecule has 11 nitrogen and oxygen atoms in total. The number of pyridine rings is 2. The predicted octanol–water partition coefficient (Wildman–Crippen LogP) is 3.02. The number of anilines is 6. The van der Waals surface area contributed by atoms with Crippen molar-refractivity contribution in [2.45, 2.75) is 18.4 Å². The van der Waals surface area contributed by atoms with Crippen LogP contribution >= 0.6 is 11.6 Å². The van der Waals surface area contributed by atoms with Gasteiger partial charge < -0.3 is 30.5 Å². The number of nitrogens with zero attached hydrogens (tertiary/aromatic N) is 6. The summed E-state index contributed by atoms with van der Waals surface area (Å²) in [4.78, 5) is 34.6. The van der Waals surface area contributed by atoms with E-state index in [1.54, 1.807) is 18.3 Å². The zero-order chi connectivity index (χ0) is 24.0. The number of carbonyl (C=O) groups is 1. The maximum absolute atomic E-state index is 12.3. The molecule has 1 spiro atoms. The monoisotopic (exact) mass is 493 g/mol. The van der Waals surface area contributed by atoms with Gasteiger partial charge in [-0.3, -0.25) is 4.79 Å². The SMILES string of the molecule is CN1CCN(c2ccc(Nc3ncc(Cl)c(Nc4ccc5c(n4)NC(=O)C4(CC4)O5)n3)cn2)CC1. The molecular weight excluding hydrogens is 470 g/mol. The van der Waals surface area contributed by atoms with E-state index in [0.29, 0.717) is 34.2 Å². The zero-order valence-electron chi connectivity index (χ0n) is 19.1. The summed E-state index contributed by atoms with van der Waals surface area (Å²) in [5, 5.41) is 9.40. The molecule has 35 heavy (non-hydrogen) atoms. The summed E-state index contributed by atoms with van der Waals surface area (Å²) in [6, 6.07) is 7.46. The van der Waals surface area contributed by atoms with Crippen molar-refractivity contribution in [3.8, 4) is 5.75 Å². The largest absolute Gasteiger partial charge is 0.474 e. The van der Waals surface area contributed by atoms with Gasteiger partial charge in [0.15, 0.2) is 23.0 Å². The standard InChI is InChI=1S/C23H24ClN9O2/c1-32-8-10-33(11-9-32)18-5-2-14(12-25-18)27-22-26-13-15(24)19(31-22)28-17-4-3-16-20(29-17)30-21(34)23(35-16)6-7-23/h2-5,12-13H,6-11H2,1H3,(H3,26,27,28,29,30,31,34). The van der Waals surface area contributed by atoms with Crippen LogP contribution in [0.5, 0.6) is 5.75 Å². The number of rotatable bonds is 5. The minimum absolute atomic E-state index is 0.159. The maximum Gasteiger partial charge on any atom is 0.269 e. The third-order valence-corrected chi connectivity index (χ3v) is 6.61. The van der Waals surface area contributed by atoms with Gasteiger partial charge in [0, 0.05) is 39.0 Å². The van der Waals surface area contributed by atoms with Gasteiger partial charge in [-0.15, -0.1) is 0 Å². The lowest BCUT2D eigenvalue weighted by molar-refractivity contribution is -0.125. The molecule has 3 aliphatic rings. The van der Waals surface area contributed by atoms with E-state index in [4.69, 9.17) is 16.3 Å². The van der Waals surface area contributed by atoms with Gasteiger partial charge in [0.1, 0.15) is 16.7 Å². The van der Waals surface area contributed by atoms with Gasteiger partial charge in [-0.25, -0.2) is 15.0 Å². The smallest absolute Gasteiger partial charge is 0.269 e. The van der Waals surface area contributed by atoms with Crippen molar-refractivity contribution < 1.29 is 9.53 Å². The lowest BCUT2D eigenvalue weighted by Gasteiger charge is -2.33. The highest BCUT2D eigenvalue weighted by Crippen LogP contribution is 2.46. The molecule has 3 aromatic heterocycles. The quantitative estimate of drug-likeness (QED) is 0.489. The van der Waals surface area contributed by atoms with Crippen LogP contribution in [0.4, 0.5) is 34.9 Å². The number of likely N-dealkylation sites (N-methyl/N-ethyl adjacent to an activating group) is 1. The Hall–Kier alpha value is -3.70. The molecule has 0 bridgehead atoms. The number of nitrogens with one attached hydrogen (secondary N) is 3. The molecule has 3 N–H and O–H groups in total. The third-order valence-electron chi connectivity index (χ3n) is 6.34. The highest BCUT2D eigenvalue weighted by molar-refractivity contribution is 6.32. The lowest BCUT2D eigenvalue weighted by atomic mass is 10.2. The molecule has 0 atom stereocenters. The van der Waals surface area contributed by atoms with Crippen molar-refractivity contribution in [2.24, 2.45) is 0 Å². The summed E-state index contributed by atoms with van der Waals surface area (Å²) in [6.07, 6.45) is 4.71. The number of halogens is 1. The number of fused-ring (bicyclic) bond motifs is 1. The normalized spacial score (nSPS) is 18.5. The number of hydrogen-bond acceptors (Lipinski definition) is 10. The van der Waals surface area contributed by atoms with Gasteiger partial charge in [-0.2, -0.15) is 4.98 Å². The fourth-order valence-corrected chi connectivity index (χ4v) is 4.20. The molecular formula is C23H24ClN9O2. The number of carbonyl (C=O) groups excluding carboxylic acids is 1. The Morgan fingerprint density at radius 2 is 1.86 bits per heavy atom. The maximum atomic E-state index is 12.3. The molecule has 1 aliphatic carbocycles. The van der Waals surface area contributed by atoms with Gasteiger partial charge >= 0.3 is 0 Å². The minimum Gasteiger partial charge on any atom is -0.474 e. The highest BCUT2D eigenvalue weighted by Gasteiger charge is 2.55. The molecule has 12 heteroatoms. The lowest BCUT2D eigenvalue weighted by Crippen LogP contribution is -2.44. The second-order valence-corrected chi connectivity index (χ2v) is 9.34. The zero-order valence-corrected chi connectivity index (χ0v) is 19.8. The number of amides is 1. The molecule has 5 heterocycles. The number of hydrogen-bond donors (Lipinski definition) is 3. The first-order valence-electron chi connectivity index (χ1n) is 11.5. The van der Waals surface area contributed by atoms with Crippen LogP contribution in [0.3, 0.4) is 0 Å². The van der Waals surface area contributed by atoms with Gasteiger partial charge in [-0.05, 0) is 31.3 Å². The average molecular weight is 494 g/mol. The van der Waals surface area contributed by atoms with Crippen LogP contribution in [0.15, 0.2) is 36.7 Å². The number of piperazine rings is 1.